The van der Waals surface area contributed by atoms with Crippen LogP contribution < -0.4 is 15.4 Å². The van der Waals surface area contributed by atoms with Crippen LogP contribution in [0.1, 0.15) is 30.9 Å². The van der Waals surface area contributed by atoms with Gasteiger partial charge in [0.25, 0.3) is 0 Å². The van der Waals surface area contributed by atoms with Crippen LogP contribution >= 0.6 is 24.0 Å². The third-order valence-corrected chi connectivity index (χ3v) is 5.72. The van der Waals surface area contributed by atoms with Gasteiger partial charge in [-0.05, 0) is 49.9 Å². The number of halogens is 1. The lowest BCUT2D eigenvalue weighted by Gasteiger charge is -2.34. The number of hydrogen-bond acceptors (Lipinski definition) is 4. The fourth-order valence-corrected chi connectivity index (χ4v) is 4.25. The molecule has 0 aromatic heterocycles. The van der Waals surface area contributed by atoms with Crippen molar-refractivity contribution in [1.82, 2.24) is 15.5 Å². The molecule has 28 heavy (non-hydrogen) atoms. The standard InChI is InChI=1S/C21H32N4O2.HI/c1-2-22-21(24-13-19-14-25-10-3-4-18(25)15-27-19)23-9-7-16-5-6-20-17(12-16)8-11-26-20;/h5-6,12,18-19H,2-4,7-11,13-15H2,1H3,(H2,22,23,24);1H. The zero-order valence-corrected chi connectivity index (χ0v) is 19.1. The molecule has 4 rings (SSSR count). The molecule has 2 saturated heterocycles. The van der Waals surface area contributed by atoms with Crippen molar-refractivity contribution in [3.8, 4) is 5.75 Å². The number of benzene rings is 1. The largest absolute Gasteiger partial charge is 0.493 e. The molecule has 3 heterocycles. The Morgan fingerprint density at radius 2 is 2.25 bits per heavy atom. The van der Waals surface area contributed by atoms with Gasteiger partial charge >= 0.3 is 0 Å². The minimum Gasteiger partial charge on any atom is -0.493 e. The van der Waals surface area contributed by atoms with Crippen LogP contribution in [0.2, 0.25) is 0 Å². The molecule has 1 aromatic carbocycles. The second kappa shape index (κ2) is 10.6. The molecule has 0 amide bonds. The summed E-state index contributed by atoms with van der Waals surface area (Å²) in [5.74, 6) is 1.93. The summed E-state index contributed by atoms with van der Waals surface area (Å²) in [5.41, 5.74) is 2.68. The van der Waals surface area contributed by atoms with Crippen LogP contribution in [0.25, 0.3) is 0 Å². The minimum atomic E-state index is 0. The van der Waals surface area contributed by atoms with E-state index in [0.717, 1.165) is 63.9 Å². The van der Waals surface area contributed by atoms with Crippen molar-refractivity contribution in [2.75, 3.05) is 45.9 Å². The quantitative estimate of drug-likeness (QED) is 0.357. The number of nitrogens with zero attached hydrogens (tertiary/aromatic N) is 2. The van der Waals surface area contributed by atoms with Gasteiger partial charge in [-0.25, -0.2) is 0 Å². The molecule has 0 aliphatic carbocycles. The van der Waals surface area contributed by atoms with Gasteiger partial charge in [0.1, 0.15) is 5.75 Å². The van der Waals surface area contributed by atoms with Gasteiger partial charge in [0, 0.05) is 32.1 Å². The number of rotatable bonds is 6. The van der Waals surface area contributed by atoms with Crippen molar-refractivity contribution in [2.24, 2.45) is 4.99 Å². The average molecular weight is 500 g/mol. The fourth-order valence-electron chi connectivity index (χ4n) is 4.25. The van der Waals surface area contributed by atoms with Gasteiger partial charge < -0.3 is 20.1 Å². The van der Waals surface area contributed by atoms with Crippen molar-refractivity contribution >= 4 is 29.9 Å². The van der Waals surface area contributed by atoms with E-state index in [1.54, 1.807) is 0 Å². The lowest BCUT2D eigenvalue weighted by atomic mass is 10.1. The van der Waals surface area contributed by atoms with Crippen LogP contribution in [0.5, 0.6) is 5.75 Å². The maximum Gasteiger partial charge on any atom is 0.191 e. The summed E-state index contributed by atoms with van der Waals surface area (Å²) in [6.07, 6.45) is 4.82. The molecule has 0 saturated carbocycles. The Morgan fingerprint density at radius 3 is 3.14 bits per heavy atom. The zero-order valence-electron chi connectivity index (χ0n) is 16.8. The summed E-state index contributed by atoms with van der Waals surface area (Å²) >= 11 is 0. The lowest BCUT2D eigenvalue weighted by Crippen LogP contribution is -2.47. The third-order valence-electron chi connectivity index (χ3n) is 5.72. The number of aliphatic imine (C=N–C) groups is 1. The Bertz CT molecular complexity index is 670. The molecule has 3 aliphatic heterocycles. The SMILES string of the molecule is CCNC(=NCC1CN2CCCC2CO1)NCCc1ccc2c(c1)CCO2.I. The molecule has 0 spiro atoms. The molecule has 3 aliphatic rings. The average Bonchev–Trinajstić information content (AvgIpc) is 3.34. The first-order valence-corrected chi connectivity index (χ1v) is 10.4. The zero-order chi connectivity index (χ0) is 18.5. The molecule has 0 radical (unpaired) electrons. The maximum atomic E-state index is 6.02. The van der Waals surface area contributed by atoms with E-state index in [1.807, 2.05) is 0 Å². The Labute approximate surface area is 185 Å². The van der Waals surface area contributed by atoms with Crippen LogP contribution in [-0.4, -0.2) is 68.9 Å². The summed E-state index contributed by atoms with van der Waals surface area (Å²) < 4.78 is 11.6. The summed E-state index contributed by atoms with van der Waals surface area (Å²) in [6.45, 7) is 8.47. The number of guanidine groups is 1. The summed E-state index contributed by atoms with van der Waals surface area (Å²) in [5, 5.41) is 6.81. The van der Waals surface area contributed by atoms with Crippen LogP contribution in [0.15, 0.2) is 23.2 Å². The van der Waals surface area contributed by atoms with Gasteiger partial charge in [-0.1, -0.05) is 12.1 Å². The molecule has 6 nitrogen and oxygen atoms in total. The van der Waals surface area contributed by atoms with Gasteiger partial charge in [0.05, 0.1) is 25.9 Å². The predicted molar refractivity (Wildman–Crippen MR) is 123 cm³/mol. The number of ether oxygens (including phenoxy) is 2. The molecular weight excluding hydrogens is 467 g/mol. The molecular formula is C21H33IN4O2. The smallest absolute Gasteiger partial charge is 0.191 e. The molecule has 2 N–H and O–H groups in total. The highest BCUT2D eigenvalue weighted by Crippen LogP contribution is 2.26. The van der Waals surface area contributed by atoms with Crippen molar-refractivity contribution in [2.45, 2.75) is 44.8 Å². The fraction of sp³-hybridized carbons (Fsp3) is 0.667. The van der Waals surface area contributed by atoms with E-state index in [-0.39, 0.29) is 30.1 Å². The van der Waals surface area contributed by atoms with E-state index in [4.69, 9.17) is 14.5 Å². The van der Waals surface area contributed by atoms with E-state index < -0.39 is 0 Å². The molecule has 2 fully saturated rings. The second-order valence-corrected chi connectivity index (χ2v) is 7.68. The second-order valence-electron chi connectivity index (χ2n) is 7.68. The van der Waals surface area contributed by atoms with Crippen molar-refractivity contribution < 1.29 is 9.47 Å². The predicted octanol–water partition coefficient (Wildman–Crippen LogP) is 2.20. The molecule has 1 aromatic rings. The first-order chi connectivity index (χ1) is 13.3. The number of fused-ring (bicyclic) bond motifs is 2. The highest BCUT2D eigenvalue weighted by molar-refractivity contribution is 14.0. The number of nitrogens with one attached hydrogen (secondary N) is 2. The molecule has 7 heteroatoms. The van der Waals surface area contributed by atoms with Gasteiger partial charge in [-0.15, -0.1) is 24.0 Å². The highest BCUT2D eigenvalue weighted by Gasteiger charge is 2.31. The first kappa shape index (κ1) is 21.6. The molecule has 2 unspecified atom stereocenters. The van der Waals surface area contributed by atoms with Crippen LogP contribution in [0.4, 0.5) is 0 Å². The summed E-state index contributed by atoms with van der Waals surface area (Å²) in [4.78, 5) is 7.33. The van der Waals surface area contributed by atoms with Gasteiger partial charge in [-0.2, -0.15) is 0 Å². The van der Waals surface area contributed by atoms with Gasteiger partial charge in [0.15, 0.2) is 5.96 Å². The summed E-state index contributed by atoms with van der Waals surface area (Å²) in [6, 6.07) is 7.19. The van der Waals surface area contributed by atoms with Crippen LogP contribution in [0, 0.1) is 0 Å². The van der Waals surface area contributed by atoms with E-state index in [0.29, 0.717) is 6.04 Å². The Balaban J connectivity index is 0.00000225. The minimum absolute atomic E-state index is 0. The van der Waals surface area contributed by atoms with E-state index >= 15 is 0 Å². The molecule has 156 valence electrons. The van der Waals surface area contributed by atoms with Gasteiger partial charge in [-0.3, -0.25) is 9.89 Å². The normalized spacial score (nSPS) is 24.1. The Kier molecular flexibility index (Phi) is 8.23. The van der Waals surface area contributed by atoms with Crippen molar-refractivity contribution in [3.63, 3.8) is 0 Å². The molecule has 0 bridgehead atoms. The van der Waals surface area contributed by atoms with E-state index in [9.17, 15) is 0 Å². The van der Waals surface area contributed by atoms with Crippen molar-refractivity contribution in [3.05, 3.63) is 29.3 Å². The Hall–Kier alpha value is -1.06. The van der Waals surface area contributed by atoms with E-state index in [2.05, 4.69) is 40.7 Å². The maximum absolute atomic E-state index is 6.02. The van der Waals surface area contributed by atoms with Gasteiger partial charge in [0.2, 0.25) is 0 Å². The molecule has 2 atom stereocenters. The topological polar surface area (TPSA) is 58.1 Å². The van der Waals surface area contributed by atoms with E-state index in [1.165, 1.54) is 30.5 Å². The van der Waals surface area contributed by atoms with Crippen molar-refractivity contribution in [1.29, 1.82) is 0 Å². The van der Waals surface area contributed by atoms with Crippen LogP contribution in [-0.2, 0) is 17.6 Å². The number of morpholine rings is 1. The summed E-state index contributed by atoms with van der Waals surface area (Å²) in [7, 11) is 0. The lowest BCUT2D eigenvalue weighted by molar-refractivity contribution is -0.0432. The number of hydrogen-bond donors (Lipinski definition) is 2. The third kappa shape index (κ3) is 5.51. The van der Waals surface area contributed by atoms with Crippen LogP contribution in [0.3, 0.4) is 0 Å². The highest BCUT2D eigenvalue weighted by atomic mass is 127. The first-order valence-electron chi connectivity index (χ1n) is 10.4. The monoisotopic (exact) mass is 500 g/mol. The Morgan fingerprint density at radius 1 is 1.32 bits per heavy atom.